The maximum absolute atomic E-state index is 14.9. The minimum absolute atomic E-state index is 0.0384. The second-order valence-electron chi connectivity index (χ2n) is 8.33. The number of pyridine rings is 1. The number of carboxylic acids is 1. The summed E-state index contributed by atoms with van der Waals surface area (Å²) in [5.41, 5.74) is 5.74. The van der Waals surface area contributed by atoms with Crippen molar-refractivity contribution in [2.24, 2.45) is 11.7 Å². The highest BCUT2D eigenvalue weighted by atomic mass is 19.1. The second-order valence-corrected chi connectivity index (χ2v) is 8.33. The van der Waals surface area contributed by atoms with Gasteiger partial charge in [-0.3, -0.25) is 9.59 Å². The van der Waals surface area contributed by atoms with Crippen molar-refractivity contribution in [3.8, 4) is 0 Å². The lowest BCUT2D eigenvalue weighted by Crippen LogP contribution is -2.53. The molecule has 1 aliphatic rings. The number of hydrogen-bond acceptors (Lipinski definition) is 5. The zero-order valence-electron chi connectivity index (χ0n) is 18.1. The van der Waals surface area contributed by atoms with Crippen molar-refractivity contribution in [2.75, 3.05) is 31.1 Å². The number of amides is 1. The first-order chi connectivity index (χ1) is 14.6. The summed E-state index contributed by atoms with van der Waals surface area (Å²) in [6.07, 6.45) is 1.91. The molecule has 1 aromatic heterocycles. The number of nitrogens with zero attached hydrogens (tertiary/aromatic N) is 3. The Bertz CT molecular complexity index is 1060. The smallest absolute Gasteiger partial charge is 0.341 e. The van der Waals surface area contributed by atoms with Crippen molar-refractivity contribution in [2.45, 2.75) is 39.8 Å². The summed E-state index contributed by atoms with van der Waals surface area (Å²) in [6, 6.07) is 2.16. The first kappa shape index (κ1) is 22.7. The van der Waals surface area contributed by atoms with Crippen molar-refractivity contribution >= 4 is 28.5 Å². The van der Waals surface area contributed by atoms with E-state index in [0.717, 1.165) is 6.07 Å². The van der Waals surface area contributed by atoms with Crippen LogP contribution in [0, 0.1) is 11.7 Å². The summed E-state index contributed by atoms with van der Waals surface area (Å²) in [5.74, 6) is -1.70. The van der Waals surface area contributed by atoms with Gasteiger partial charge in [0.15, 0.2) is 0 Å². The molecule has 0 aliphatic carbocycles. The van der Waals surface area contributed by atoms with Crippen LogP contribution >= 0.6 is 0 Å². The molecule has 168 valence electrons. The maximum Gasteiger partial charge on any atom is 0.341 e. The van der Waals surface area contributed by atoms with Crippen LogP contribution in [0.4, 0.5) is 10.1 Å². The molecule has 1 atom stereocenters. The number of aromatic carboxylic acids is 1. The minimum Gasteiger partial charge on any atom is -0.477 e. The Hall–Kier alpha value is -2.94. The van der Waals surface area contributed by atoms with Crippen molar-refractivity contribution in [1.82, 2.24) is 9.47 Å². The first-order valence-corrected chi connectivity index (χ1v) is 10.5. The number of rotatable bonds is 6. The number of anilines is 1. The second kappa shape index (κ2) is 9.05. The highest BCUT2D eigenvalue weighted by Gasteiger charge is 2.27. The van der Waals surface area contributed by atoms with Crippen LogP contribution in [-0.4, -0.2) is 58.7 Å². The summed E-state index contributed by atoms with van der Waals surface area (Å²) >= 11 is 0. The molecule has 0 radical (unpaired) electrons. The number of fused-ring (bicyclic) bond motifs is 1. The molecule has 1 amide bonds. The number of benzene rings is 1. The van der Waals surface area contributed by atoms with Gasteiger partial charge in [0, 0.05) is 44.3 Å². The third-order valence-electron chi connectivity index (χ3n) is 5.69. The van der Waals surface area contributed by atoms with Crippen LogP contribution in [0.5, 0.6) is 0 Å². The van der Waals surface area contributed by atoms with Gasteiger partial charge in [-0.15, -0.1) is 0 Å². The zero-order valence-corrected chi connectivity index (χ0v) is 18.1. The molecule has 3 N–H and O–H groups in total. The predicted octanol–water partition coefficient (Wildman–Crippen LogP) is 1.88. The third-order valence-corrected chi connectivity index (χ3v) is 5.69. The summed E-state index contributed by atoms with van der Waals surface area (Å²) < 4.78 is 16.6. The van der Waals surface area contributed by atoms with Crippen molar-refractivity contribution in [3.05, 3.63) is 39.9 Å². The molecular formula is C22H29FN4O4. The lowest BCUT2D eigenvalue weighted by atomic mass is 10.0. The van der Waals surface area contributed by atoms with Gasteiger partial charge in [0.05, 0.1) is 17.2 Å². The third kappa shape index (κ3) is 4.56. The standard InChI is InChI=1S/C22H29FN4O4/c1-4-25-12-15(22(30)31)20(28)14-10-16(23)19(11-18(14)25)26-5-7-27(8-6-26)21(29)17(24)9-13(2)3/h10-13,17H,4-9,24H2,1-3H3,(H,30,31). The number of aromatic nitrogens is 1. The van der Waals surface area contributed by atoms with E-state index in [9.17, 15) is 23.9 Å². The normalized spacial score (nSPS) is 15.5. The Labute approximate surface area is 180 Å². The molecule has 1 saturated heterocycles. The molecule has 0 spiro atoms. The highest BCUT2D eigenvalue weighted by molar-refractivity contribution is 5.93. The molecule has 1 aromatic carbocycles. The fourth-order valence-corrected chi connectivity index (χ4v) is 4.07. The van der Waals surface area contributed by atoms with E-state index in [4.69, 9.17) is 5.73 Å². The van der Waals surface area contributed by atoms with Crippen LogP contribution in [-0.2, 0) is 11.3 Å². The van der Waals surface area contributed by atoms with E-state index in [0.29, 0.717) is 56.3 Å². The molecule has 1 unspecified atom stereocenters. The number of piperazine rings is 1. The molecule has 1 aliphatic heterocycles. The van der Waals surface area contributed by atoms with E-state index in [1.165, 1.54) is 6.20 Å². The molecule has 3 rings (SSSR count). The monoisotopic (exact) mass is 432 g/mol. The lowest BCUT2D eigenvalue weighted by molar-refractivity contribution is -0.133. The van der Waals surface area contributed by atoms with Crippen LogP contribution in [0.25, 0.3) is 10.9 Å². The van der Waals surface area contributed by atoms with Gasteiger partial charge >= 0.3 is 5.97 Å². The summed E-state index contributed by atoms with van der Waals surface area (Å²) in [7, 11) is 0. The van der Waals surface area contributed by atoms with E-state index in [1.54, 1.807) is 15.5 Å². The molecule has 0 saturated carbocycles. The van der Waals surface area contributed by atoms with Crippen molar-refractivity contribution < 1.29 is 19.1 Å². The summed E-state index contributed by atoms with van der Waals surface area (Å²) in [6.45, 7) is 8.02. The molecule has 2 aromatic rings. The van der Waals surface area contributed by atoms with Gasteiger partial charge in [-0.2, -0.15) is 0 Å². The van der Waals surface area contributed by atoms with Gasteiger partial charge < -0.3 is 25.2 Å². The van der Waals surface area contributed by atoms with Crippen LogP contribution in [0.1, 0.15) is 37.6 Å². The fraction of sp³-hybridized carbons (Fsp3) is 0.500. The Morgan fingerprint density at radius 1 is 1.19 bits per heavy atom. The molecule has 0 bridgehead atoms. The van der Waals surface area contributed by atoms with Crippen molar-refractivity contribution in [3.63, 3.8) is 0 Å². The number of halogens is 1. The quantitative estimate of drug-likeness (QED) is 0.722. The predicted molar refractivity (Wildman–Crippen MR) is 117 cm³/mol. The number of carbonyl (C=O) groups excluding carboxylic acids is 1. The number of aryl methyl sites for hydroxylation is 1. The number of carbonyl (C=O) groups is 2. The van der Waals surface area contributed by atoms with E-state index >= 15 is 0 Å². The molecule has 2 heterocycles. The average Bonchev–Trinajstić information content (AvgIpc) is 2.73. The van der Waals surface area contributed by atoms with Crippen molar-refractivity contribution in [1.29, 1.82) is 0 Å². The molecule has 9 heteroatoms. The summed E-state index contributed by atoms with van der Waals surface area (Å²) in [4.78, 5) is 40.0. The van der Waals surface area contributed by atoms with Gasteiger partial charge in [-0.05, 0) is 31.4 Å². The molecular weight excluding hydrogens is 403 g/mol. The Balaban J connectivity index is 1.87. The van der Waals surface area contributed by atoms with E-state index in [-0.39, 0.29) is 16.9 Å². The van der Waals surface area contributed by atoms with Gasteiger partial charge in [-0.25, -0.2) is 9.18 Å². The summed E-state index contributed by atoms with van der Waals surface area (Å²) in [5, 5.41) is 9.31. The van der Waals surface area contributed by atoms with E-state index < -0.39 is 23.3 Å². The number of hydrogen-bond donors (Lipinski definition) is 2. The van der Waals surface area contributed by atoms with E-state index in [2.05, 4.69) is 0 Å². The topological polar surface area (TPSA) is 109 Å². The Morgan fingerprint density at radius 2 is 1.84 bits per heavy atom. The van der Waals surface area contributed by atoms with E-state index in [1.807, 2.05) is 25.7 Å². The van der Waals surface area contributed by atoms with Gasteiger partial charge in [0.1, 0.15) is 11.4 Å². The number of nitrogens with two attached hydrogens (primary N) is 1. The van der Waals surface area contributed by atoms with Crippen LogP contribution in [0.15, 0.2) is 23.1 Å². The molecule has 31 heavy (non-hydrogen) atoms. The lowest BCUT2D eigenvalue weighted by Gasteiger charge is -2.37. The molecule has 8 nitrogen and oxygen atoms in total. The average molecular weight is 432 g/mol. The zero-order chi connectivity index (χ0) is 22.9. The molecule has 1 fully saturated rings. The first-order valence-electron chi connectivity index (χ1n) is 10.5. The Kier molecular flexibility index (Phi) is 6.64. The fourth-order valence-electron chi connectivity index (χ4n) is 4.07. The SMILES string of the molecule is CCn1cc(C(=O)O)c(=O)c2cc(F)c(N3CCN(C(=O)C(N)CC(C)C)CC3)cc21. The van der Waals surface area contributed by atoms with Crippen LogP contribution in [0.3, 0.4) is 0 Å². The number of carboxylic acid groups (broad SMARTS) is 1. The Morgan fingerprint density at radius 3 is 2.39 bits per heavy atom. The van der Waals surface area contributed by atoms with Gasteiger partial charge in [0.25, 0.3) is 0 Å². The van der Waals surface area contributed by atoms with Gasteiger partial charge in [0.2, 0.25) is 11.3 Å². The minimum atomic E-state index is -1.34. The maximum atomic E-state index is 14.9. The van der Waals surface area contributed by atoms with Gasteiger partial charge in [-0.1, -0.05) is 13.8 Å². The van der Waals surface area contributed by atoms with Crippen LogP contribution in [0.2, 0.25) is 0 Å². The highest BCUT2D eigenvalue weighted by Crippen LogP contribution is 2.26. The van der Waals surface area contributed by atoms with Crippen LogP contribution < -0.4 is 16.1 Å². The largest absolute Gasteiger partial charge is 0.477 e.